The van der Waals surface area contributed by atoms with Crippen molar-refractivity contribution in [2.24, 2.45) is 0 Å². The Morgan fingerprint density at radius 2 is 1.65 bits per heavy atom. The van der Waals surface area contributed by atoms with Gasteiger partial charge in [0, 0.05) is 6.08 Å². The Balaban J connectivity index is 3.61. The van der Waals surface area contributed by atoms with Crippen LogP contribution in [0.1, 0.15) is 20.8 Å². The molecule has 0 aliphatic rings. The van der Waals surface area contributed by atoms with Gasteiger partial charge in [-0.1, -0.05) is 18.2 Å². The number of sulfone groups is 1. The molecule has 1 unspecified atom stereocenters. The van der Waals surface area contributed by atoms with Gasteiger partial charge in [0.25, 0.3) is 0 Å². The molecule has 0 fully saturated rings. The lowest BCUT2D eigenvalue weighted by Crippen LogP contribution is -2.34. The molecular weight excluding hydrogens is 386 g/mol. The average molecular weight is 408 g/mol. The molecule has 0 saturated heterocycles. The fraction of sp³-hybridized carbons (Fsp3) is 0.438. The number of carbonyl (C=O) groups excluding carboxylic acids is 1. The van der Waals surface area contributed by atoms with Crippen LogP contribution in [0, 0.1) is 0 Å². The van der Waals surface area contributed by atoms with Crippen LogP contribution in [0.5, 0.6) is 0 Å². The SMILES string of the molecule is CCOC(=O)/C=C/C(F)(P(=O)(OCC)OCC)S(=O)(=O)c1ccccc1. The van der Waals surface area contributed by atoms with Crippen molar-refractivity contribution in [1.29, 1.82) is 0 Å². The van der Waals surface area contributed by atoms with Crippen LogP contribution in [-0.2, 0) is 33.0 Å². The monoisotopic (exact) mass is 408 g/mol. The lowest BCUT2D eigenvalue weighted by atomic mass is 10.4. The highest BCUT2D eigenvalue weighted by Gasteiger charge is 2.61. The van der Waals surface area contributed by atoms with Crippen molar-refractivity contribution in [3.63, 3.8) is 0 Å². The summed E-state index contributed by atoms with van der Waals surface area (Å²) in [6.45, 7) is 3.83. The molecule has 10 heteroatoms. The first-order valence-electron chi connectivity index (χ1n) is 7.92. The van der Waals surface area contributed by atoms with E-state index in [0.29, 0.717) is 12.2 Å². The number of halogens is 1. The number of carbonyl (C=O) groups is 1. The molecule has 7 nitrogen and oxygen atoms in total. The molecule has 0 aliphatic heterocycles. The zero-order valence-corrected chi connectivity index (χ0v) is 16.5. The number of esters is 1. The molecule has 0 heterocycles. The minimum absolute atomic E-state index is 0.00246. The molecule has 1 aromatic rings. The van der Waals surface area contributed by atoms with E-state index in [1.807, 2.05) is 0 Å². The van der Waals surface area contributed by atoms with E-state index in [4.69, 9.17) is 9.05 Å². The summed E-state index contributed by atoms with van der Waals surface area (Å²) in [5.74, 6) is -0.989. The van der Waals surface area contributed by atoms with Crippen LogP contribution in [0.3, 0.4) is 0 Å². The van der Waals surface area contributed by atoms with Crippen LogP contribution in [0.4, 0.5) is 4.39 Å². The number of rotatable bonds is 10. The third-order valence-corrected chi connectivity index (χ3v) is 8.38. The minimum atomic E-state index is -4.89. The summed E-state index contributed by atoms with van der Waals surface area (Å²) in [7, 11) is -9.74. The van der Waals surface area contributed by atoms with E-state index < -0.39 is 33.0 Å². The van der Waals surface area contributed by atoms with Gasteiger partial charge in [0.1, 0.15) is 0 Å². The van der Waals surface area contributed by atoms with Gasteiger partial charge in [0.2, 0.25) is 9.84 Å². The molecular formula is C16H22FO7PS. The van der Waals surface area contributed by atoms with E-state index in [9.17, 15) is 17.8 Å². The molecule has 0 radical (unpaired) electrons. The summed E-state index contributed by atoms with van der Waals surface area (Å²) in [4.78, 5) is 11.1. The number of benzene rings is 1. The molecule has 0 bridgehead atoms. The molecule has 0 saturated carbocycles. The van der Waals surface area contributed by atoms with E-state index in [1.54, 1.807) is 0 Å². The second-order valence-corrected chi connectivity index (χ2v) is 9.38. The summed E-state index contributed by atoms with van der Waals surface area (Å²) < 4.78 is 65.6. The summed E-state index contributed by atoms with van der Waals surface area (Å²) in [6, 6.07) is 6.59. The molecule has 146 valence electrons. The first-order chi connectivity index (χ1) is 12.2. The number of ether oxygens (including phenoxy) is 1. The topological polar surface area (TPSA) is 96.0 Å². The highest BCUT2D eigenvalue weighted by atomic mass is 32.2. The van der Waals surface area contributed by atoms with Crippen LogP contribution in [0.25, 0.3) is 0 Å². The fourth-order valence-electron chi connectivity index (χ4n) is 2.01. The van der Waals surface area contributed by atoms with Crippen LogP contribution in [0.15, 0.2) is 47.4 Å². The van der Waals surface area contributed by atoms with E-state index in [-0.39, 0.29) is 19.8 Å². The molecule has 0 spiro atoms. The molecule has 1 atom stereocenters. The maximum Gasteiger partial charge on any atom is 0.387 e. The highest BCUT2D eigenvalue weighted by Crippen LogP contribution is 2.65. The average Bonchev–Trinajstić information content (AvgIpc) is 2.61. The van der Waals surface area contributed by atoms with Gasteiger partial charge < -0.3 is 13.8 Å². The van der Waals surface area contributed by atoms with Crippen molar-refractivity contribution in [3.8, 4) is 0 Å². The van der Waals surface area contributed by atoms with Gasteiger partial charge in [-0.15, -0.1) is 0 Å². The Bertz CT molecular complexity index is 769. The first-order valence-corrected chi connectivity index (χ1v) is 10.9. The zero-order chi connectivity index (χ0) is 19.8. The van der Waals surface area contributed by atoms with Gasteiger partial charge in [-0.05, 0) is 39.0 Å². The largest absolute Gasteiger partial charge is 0.463 e. The predicted molar refractivity (Wildman–Crippen MR) is 94.1 cm³/mol. The summed E-state index contributed by atoms with van der Waals surface area (Å²) in [5.41, 5.74) is 0. The quantitative estimate of drug-likeness (QED) is 0.332. The third-order valence-electron chi connectivity index (χ3n) is 3.11. The lowest BCUT2D eigenvalue weighted by molar-refractivity contribution is -0.137. The van der Waals surface area contributed by atoms with E-state index >= 15 is 4.39 Å². The molecule has 0 aliphatic carbocycles. The van der Waals surface area contributed by atoms with Crippen molar-refractivity contribution in [1.82, 2.24) is 0 Å². The van der Waals surface area contributed by atoms with Crippen molar-refractivity contribution in [2.45, 2.75) is 30.4 Å². The molecule has 26 heavy (non-hydrogen) atoms. The first kappa shape index (κ1) is 22.5. The predicted octanol–water partition coefficient (Wildman–Crippen LogP) is 3.47. The van der Waals surface area contributed by atoms with Gasteiger partial charge >= 0.3 is 18.3 Å². The van der Waals surface area contributed by atoms with Crippen LogP contribution >= 0.6 is 7.60 Å². The Morgan fingerprint density at radius 3 is 2.12 bits per heavy atom. The standard InChI is InChI=1S/C16H22FO7PS/c1-4-22-15(18)12-13-16(17,25(19,23-5-2)24-6-3)26(20,21)14-10-8-7-9-11-14/h7-13H,4-6H2,1-3H3/b13-12+. The smallest absolute Gasteiger partial charge is 0.387 e. The van der Waals surface area contributed by atoms with Crippen molar-refractivity contribution in [2.75, 3.05) is 19.8 Å². The summed E-state index contributed by atoms with van der Waals surface area (Å²) >= 11 is 0. The Morgan fingerprint density at radius 1 is 1.12 bits per heavy atom. The Hall–Kier alpha value is -1.54. The van der Waals surface area contributed by atoms with Crippen molar-refractivity contribution in [3.05, 3.63) is 42.5 Å². The number of alkyl halides is 1. The second-order valence-electron chi connectivity index (χ2n) is 4.84. The molecule has 1 aromatic carbocycles. The Labute approximate surface area is 152 Å². The fourth-order valence-corrected chi connectivity index (χ4v) is 6.27. The van der Waals surface area contributed by atoms with Crippen LogP contribution in [-0.4, -0.2) is 38.9 Å². The molecule has 0 amide bonds. The zero-order valence-electron chi connectivity index (χ0n) is 14.8. The molecule has 0 N–H and O–H groups in total. The van der Waals surface area contributed by atoms with Crippen LogP contribution in [0.2, 0.25) is 0 Å². The van der Waals surface area contributed by atoms with Gasteiger partial charge in [-0.3, -0.25) is 4.57 Å². The lowest BCUT2D eigenvalue weighted by Gasteiger charge is -2.29. The summed E-state index contributed by atoms with van der Waals surface area (Å²) in [6.07, 6.45) is 0.925. The molecule has 0 aromatic heterocycles. The normalized spacial score (nSPS) is 14.9. The number of hydrogen-bond donors (Lipinski definition) is 0. The maximum atomic E-state index is 15.9. The van der Waals surface area contributed by atoms with Crippen molar-refractivity contribution < 1.29 is 36.0 Å². The highest BCUT2D eigenvalue weighted by molar-refractivity contribution is 7.99. The van der Waals surface area contributed by atoms with E-state index in [2.05, 4.69) is 4.74 Å². The third kappa shape index (κ3) is 4.59. The molecule has 1 rings (SSSR count). The van der Waals surface area contributed by atoms with Gasteiger partial charge in [-0.25, -0.2) is 17.6 Å². The summed E-state index contributed by atoms with van der Waals surface area (Å²) in [5, 5.41) is 0. The number of hydrogen-bond acceptors (Lipinski definition) is 7. The van der Waals surface area contributed by atoms with Gasteiger partial charge in [0.05, 0.1) is 24.7 Å². The maximum absolute atomic E-state index is 15.9. The minimum Gasteiger partial charge on any atom is -0.463 e. The van der Waals surface area contributed by atoms with E-state index in [0.717, 1.165) is 12.1 Å². The van der Waals surface area contributed by atoms with Gasteiger partial charge in [-0.2, -0.15) is 0 Å². The van der Waals surface area contributed by atoms with Crippen molar-refractivity contribution >= 4 is 23.4 Å². The second kappa shape index (κ2) is 9.41. The van der Waals surface area contributed by atoms with E-state index in [1.165, 1.54) is 39.0 Å². The Kier molecular flexibility index (Phi) is 8.15. The van der Waals surface area contributed by atoms with Crippen LogP contribution < -0.4 is 0 Å². The van der Waals surface area contributed by atoms with Gasteiger partial charge in [0.15, 0.2) is 0 Å².